The van der Waals surface area contributed by atoms with Crippen LogP contribution in [0.25, 0.3) is 0 Å². The van der Waals surface area contributed by atoms with Crippen LogP contribution in [0.1, 0.15) is 84.0 Å². The maximum absolute atomic E-state index is 12.1. The third-order valence-electron chi connectivity index (χ3n) is 4.16. The first kappa shape index (κ1) is 21.1. The summed E-state index contributed by atoms with van der Waals surface area (Å²) in [6.07, 6.45) is 11.2. The standard InChI is InChI=1S/C17H34N2O3/c1-2-3-4-5-6-7-8-9-10-12-15(20)17(19,16(21)22)13-11-14-18/h2-14,18-19H2,1H3,(H,21,22). The topological polar surface area (TPSA) is 106 Å². The summed E-state index contributed by atoms with van der Waals surface area (Å²) in [5, 5.41) is 9.19. The molecule has 0 aromatic heterocycles. The lowest BCUT2D eigenvalue weighted by Crippen LogP contribution is -2.55. The van der Waals surface area contributed by atoms with Crippen LogP contribution in [0.2, 0.25) is 0 Å². The Hall–Kier alpha value is -0.940. The van der Waals surface area contributed by atoms with E-state index < -0.39 is 11.5 Å². The molecule has 0 aromatic carbocycles. The maximum atomic E-state index is 12.1. The van der Waals surface area contributed by atoms with E-state index in [1.165, 1.54) is 38.5 Å². The highest BCUT2D eigenvalue weighted by molar-refractivity contribution is 6.07. The Morgan fingerprint density at radius 2 is 1.41 bits per heavy atom. The van der Waals surface area contributed by atoms with Gasteiger partial charge in [-0.05, 0) is 25.8 Å². The van der Waals surface area contributed by atoms with E-state index in [2.05, 4.69) is 6.92 Å². The largest absolute Gasteiger partial charge is 0.480 e. The number of nitrogens with two attached hydrogens (primary N) is 2. The first-order chi connectivity index (χ1) is 10.5. The Kier molecular flexibility index (Phi) is 12.1. The van der Waals surface area contributed by atoms with Crippen molar-refractivity contribution >= 4 is 11.8 Å². The van der Waals surface area contributed by atoms with Crippen LogP contribution in [0.15, 0.2) is 0 Å². The number of ketones is 1. The fraction of sp³-hybridized carbons (Fsp3) is 0.882. The molecule has 5 heteroatoms. The molecule has 0 amide bonds. The van der Waals surface area contributed by atoms with E-state index in [0.29, 0.717) is 13.0 Å². The normalized spacial score (nSPS) is 13.8. The highest BCUT2D eigenvalue weighted by Crippen LogP contribution is 2.17. The summed E-state index contributed by atoms with van der Waals surface area (Å²) in [7, 11) is 0. The summed E-state index contributed by atoms with van der Waals surface area (Å²) in [6.45, 7) is 2.55. The lowest BCUT2D eigenvalue weighted by Gasteiger charge is -2.22. The number of hydrogen-bond donors (Lipinski definition) is 3. The van der Waals surface area contributed by atoms with Gasteiger partial charge in [-0.3, -0.25) is 4.79 Å². The van der Waals surface area contributed by atoms with E-state index >= 15 is 0 Å². The zero-order valence-corrected chi connectivity index (χ0v) is 14.1. The van der Waals surface area contributed by atoms with Crippen molar-refractivity contribution in [2.75, 3.05) is 6.54 Å². The summed E-state index contributed by atoms with van der Waals surface area (Å²) in [5.74, 6) is -1.60. The van der Waals surface area contributed by atoms with Crippen LogP contribution in [0, 0.1) is 0 Å². The van der Waals surface area contributed by atoms with Crippen LogP contribution in [0.5, 0.6) is 0 Å². The molecule has 0 fully saturated rings. The fourth-order valence-electron chi connectivity index (χ4n) is 2.57. The van der Waals surface area contributed by atoms with Gasteiger partial charge in [0.15, 0.2) is 11.3 Å². The minimum Gasteiger partial charge on any atom is -0.480 e. The number of carboxylic acid groups (broad SMARTS) is 1. The van der Waals surface area contributed by atoms with Gasteiger partial charge in [-0.25, -0.2) is 4.79 Å². The summed E-state index contributed by atoms with van der Waals surface area (Å²) in [5.41, 5.74) is 9.40. The molecular weight excluding hydrogens is 280 g/mol. The van der Waals surface area contributed by atoms with Crippen molar-refractivity contribution in [2.45, 2.75) is 89.5 Å². The average molecular weight is 314 g/mol. The highest BCUT2D eigenvalue weighted by Gasteiger charge is 2.40. The quantitative estimate of drug-likeness (QED) is 0.318. The number of unbranched alkanes of at least 4 members (excludes halogenated alkanes) is 8. The van der Waals surface area contributed by atoms with Gasteiger partial charge in [0, 0.05) is 6.42 Å². The zero-order valence-electron chi connectivity index (χ0n) is 14.1. The summed E-state index contributed by atoms with van der Waals surface area (Å²) >= 11 is 0. The van der Waals surface area contributed by atoms with Crippen molar-refractivity contribution in [3.8, 4) is 0 Å². The van der Waals surface area contributed by atoms with Crippen LogP contribution in [0.4, 0.5) is 0 Å². The molecule has 0 aliphatic rings. The van der Waals surface area contributed by atoms with Crippen molar-refractivity contribution < 1.29 is 14.7 Å². The molecule has 1 unspecified atom stereocenters. The van der Waals surface area contributed by atoms with Gasteiger partial charge < -0.3 is 16.6 Å². The molecule has 130 valence electrons. The second-order valence-electron chi connectivity index (χ2n) is 6.17. The van der Waals surface area contributed by atoms with Crippen molar-refractivity contribution in [3.05, 3.63) is 0 Å². The van der Waals surface area contributed by atoms with Crippen LogP contribution < -0.4 is 11.5 Å². The number of rotatable bonds is 15. The Bertz CT molecular complexity index is 321. The predicted octanol–water partition coefficient (Wildman–Crippen LogP) is 3.00. The third kappa shape index (κ3) is 8.49. The van der Waals surface area contributed by atoms with Crippen molar-refractivity contribution in [3.63, 3.8) is 0 Å². The molecule has 1 atom stereocenters. The number of Topliss-reactive ketones (excluding diaryl/α,β-unsaturated/α-hetero) is 1. The summed E-state index contributed by atoms with van der Waals surface area (Å²) in [6, 6.07) is 0. The van der Waals surface area contributed by atoms with Crippen molar-refractivity contribution in [1.29, 1.82) is 0 Å². The van der Waals surface area contributed by atoms with E-state index in [-0.39, 0.29) is 18.6 Å². The second kappa shape index (κ2) is 12.6. The molecule has 0 aromatic rings. The van der Waals surface area contributed by atoms with Crippen LogP contribution in [-0.2, 0) is 9.59 Å². The van der Waals surface area contributed by atoms with Gasteiger partial charge in [-0.15, -0.1) is 0 Å². The molecule has 0 rings (SSSR count). The highest BCUT2D eigenvalue weighted by atomic mass is 16.4. The Labute approximate surface area is 134 Å². The number of carbonyl (C=O) groups is 2. The Balaban J connectivity index is 3.84. The molecular formula is C17H34N2O3. The molecule has 5 nitrogen and oxygen atoms in total. The van der Waals surface area contributed by atoms with Gasteiger partial charge in [0.2, 0.25) is 0 Å². The molecule has 0 bridgehead atoms. The fourth-order valence-corrected chi connectivity index (χ4v) is 2.57. The Morgan fingerprint density at radius 1 is 0.909 bits per heavy atom. The van der Waals surface area contributed by atoms with E-state index in [4.69, 9.17) is 11.5 Å². The zero-order chi connectivity index (χ0) is 16.8. The van der Waals surface area contributed by atoms with Crippen LogP contribution in [0.3, 0.4) is 0 Å². The monoisotopic (exact) mass is 314 g/mol. The molecule has 0 saturated carbocycles. The van der Waals surface area contributed by atoms with Gasteiger partial charge in [0.05, 0.1) is 0 Å². The minimum atomic E-state index is -1.75. The summed E-state index contributed by atoms with van der Waals surface area (Å²) < 4.78 is 0. The predicted molar refractivity (Wildman–Crippen MR) is 89.7 cm³/mol. The maximum Gasteiger partial charge on any atom is 0.331 e. The van der Waals surface area contributed by atoms with Crippen LogP contribution >= 0.6 is 0 Å². The molecule has 0 aliphatic heterocycles. The lowest BCUT2D eigenvalue weighted by molar-refractivity contribution is -0.148. The van der Waals surface area contributed by atoms with Crippen molar-refractivity contribution in [1.82, 2.24) is 0 Å². The van der Waals surface area contributed by atoms with E-state index in [1.807, 2.05) is 0 Å². The SMILES string of the molecule is CCCCCCCCCCCC(=O)C(N)(CCCN)C(=O)O. The van der Waals surface area contributed by atoms with Gasteiger partial charge >= 0.3 is 5.97 Å². The minimum absolute atomic E-state index is 0.120. The summed E-state index contributed by atoms with van der Waals surface area (Å²) in [4.78, 5) is 23.3. The molecule has 0 spiro atoms. The van der Waals surface area contributed by atoms with Crippen molar-refractivity contribution in [2.24, 2.45) is 11.5 Å². The molecule has 22 heavy (non-hydrogen) atoms. The average Bonchev–Trinajstić information content (AvgIpc) is 2.50. The molecule has 0 saturated heterocycles. The number of aliphatic carboxylic acids is 1. The van der Waals surface area contributed by atoms with Gasteiger partial charge in [0.25, 0.3) is 0 Å². The Morgan fingerprint density at radius 3 is 1.86 bits per heavy atom. The number of carboxylic acids is 1. The van der Waals surface area contributed by atoms with Gasteiger partial charge in [-0.1, -0.05) is 58.3 Å². The van der Waals surface area contributed by atoms with E-state index in [1.54, 1.807) is 0 Å². The number of carbonyl (C=O) groups excluding carboxylic acids is 1. The lowest BCUT2D eigenvalue weighted by atomic mass is 9.87. The smallest absolute Gasteiger partial charge is 0.331 e. The van der Waals surface area contributed by atoms with Gasteiger partial charge in [-0.2, -0.15) is 0 Å². The molecule has 0 heterocycles. The molecule has 5 N–H and O–H groups in total. The first-order valence-electron chi connectivity index (χ1n) is 8.74. The van der Waals surface area contributed by atoms with E-state index in [9.17, 15) is 14.7 Å². The second-order valence-corrected chi connectivity index (χ2v) is 6.17. The number of hydrogen-bond acceptors (Lipinski definition) is 4. The van der Waals surface area contributed by atoms with Gasteiger partial charge in [0.1, 0.15) is 0 Å². The van der Waals surface area contributed by atoms with E-state index in [0.717, 1.165) is 19.3 Å². The first-order valence-corrected chi connectivity index (χ1v) is 8.74. The molecule has 0 aliphatic carbocycles. The molecule has 0 radical (unpaired) electrons. The van der Waals surface area contributed by atoms with Crippen LogP contribution in [-0.4, -0.2) is 28.9 Å². The third-order valence-corrected chi connectivity index (χ3v) is 4.16.